The number of nitrogens with zero attached hydrogens (tertiary/aromatic N) is 1. The molecular weight excluding hydrogens is 554 g/mol. The lowest BCUT2D eigenvalue weighted by atomic mass is 9.87. The fraction of sp³-hybridized carbons (Fsp3) is 0.719. The number of carbonyl (C=O) groups is 3. The zero-order valence-corrected chi connectivity index (χ0v) is 26.7. The Bertz CT molecular complexity index is 1060. The van der Waals surface area contributed by atoms with Crippen LogP contribution in [0.15, 0.2) is 36.0 Å². The van der Waals surface area contributed by atoms with E-state index in [4.69, 9.17) is 18.9 Å². The minimum Gasteiger partial charge on any atom is -0.459 e. The van der Waals surface area contributed by atoms with Crippen LogP contribution in [0.3, 0.4) is 0 Å². The van der Waals surface area contributed by atoms with Gasteiger partial charge in [0.1, 0.15) is 23.9 Å². The predicted molar refractivity (Wildman–Crippen MR) is 162 cm³/mol. The Morgan fingerprint density at radius 2 is 1.91 bits per heavy atom. The van der Waals surface area contributed by atoms with Crippen LogP contribution in [0, 0.1) is 5.92 Å². The third kappa shape index (κ3) is 10.5. The van der Waals surface area contributed by atoms with Crippen LogP contribution in [0.5, 0.6) is 0 Å². The number of hydrogen-bond donors (Lipinski definition) is 3. The molecule has 43 heavy (non-hydrogen) atoms. The highest BCUT2D eigenvalue weighted by atomic mass is 16.6. The first-order valence-electron chi connectivity index (χ1n) is 15.4. The molecule has 3 aliphatic rings. The molecule has 11 heteroatoms. The van der Waals surface area contributed by atoms with Gasteiger partial charge in [-0.25, -0.2) is 0 Å². The molecule has 242 valence electrons. The second-order valence-electron chi connectivity index (χ2n) is 12.3. The summed E-state index contributed by atoms with van der Waals surface area (Å²) in [5, 5.41) is 17.0. The van der Waals surface area contributed by atoms with E-state index in [9.17, 15) is 19.5 Å². The van der Waals surface area contributed by atoms with E-state index in [2.05, 4.69) is 23.6 Å². The number of hydrogen-bond acceptors (Lipinski definition) is 9. The van der Waals surface area contributed by atoms with Gasteiger partial charge in [-0.2, -0.15) is 0 Å². The fourth-order valence-electron chi connectivity index (χ4n) is 5.64. The number of ether oxygens (including phenoxy) is 4. The SMILES string of the molecule is CNCCN(C)C(=O)C[C@@H]1C[C@@]2(CO2)[C@H](O)[C@@H](C=CC(C)=CC[C@@H]2O[C@H](C)[C@H](NC(=O)C=C[C@H](C)OC(C)=O)C[C@@H]2C)O1. The number of amides is 2. The summed E-state index contributed by atoms with van der Waals surface area (Å²) in [6, 6.07) is -0.123. The van der Waals surface area contributed by atoms with Gasteiger partial charge in [-0.05, 0) is 52.7 Å². The summed E-state index contributed by atoms with van der Waals surface area (Å²) in [5.41, 5.74) is 0.376. The van der Waals surface area contributed by atoms with Gasteiger partial charge in [-0.3, -0.25) is 14.4 Å². The third-order valence-electron chi connectivity index (χ3n) is 8.45. The molecule has 0 aromatic heterocycles. The zero-order chi connectivity index (χ0) is 31.7. The van der Waals surface area contributed by atoms with Crippen molar-refractivity contribution in [3.63, 3.8) is 0 Å². The Hall–Kier alpha value is -2.57. The molecule has 3 fully saturated rings. The zero-order valence-electron chi connectivity index (χ0n) is 26.7. The van der Waals surface area contributed by atoms with Crippen molar-refractivity contribution in [2.24, 2.45) is 5.92 Å². The Kier molecular flexibility index (Phi) is 12.9. The molecule has 0 unspecified atom stereocenters. The standard InChI is InChI=1S/C32H51N3O8/c1-20(8-11-27-21(2)16-26(23(4)42-27)34-29(37)13-10-22(3)41-24(5)36)9-12-28-31(39)32(19-40-32)18-25(43-28)17-30(38)35(7)15-14-33-6/h8-10,12-13,21-23,25-28,31,33,39H,11,14-19H2,1-7H3,(H,34,37)/t21-,22-,23+,25+,26+,27-,28+,31+,32+/m0/s1. The number of aliphatic hydroxyl groups excluding tert-OH is 1. The van der Waals surface area contributed by atoms with Crippen molar-refractivity contribution in [3.05, 3.63) is 36.0 Å². The van der Waals surface area contributed by atoms with E-state index in [1.165, 1.54) is 13.0 Å². The molecule has 0 bridgehead atoms. The summed E-state index contributed by atoms with van der Waals surface area (Å²) in [7, 11) is 3.64. The van der Waals surface area contributed by atoms with E-state index in [0.717, 1.165) is 12.0 Å². The third-order valence-corrected chi connectivity index (χ3v) is 8.45. The van der Waals surface area contributed by atoms with E-state index in [0.29, 0.717) is 32.5 Å². The van der Waals surface area contributed by atoms with Gasteiger partial charge in [0.05, 0.1) is 37.4 Å². The van der Waals surface area contributed by atoms with Gasteiger partial charge in [-0.15, -0.1) is 0 Å². The maximum atomic E-state index is 12.7. The van der Waals surface area contributed by atoms with Gasteiger partial charge >= 0.3 is 5.97 Å². The van der Waals surface area contributed by atoms with Crippen LogP contribution >= 0.6 is 0 Å². The van der Waals surface area contributed by atoms with Gasteiger partial charge in [-0.1, -0.05) is 30.7 Å². The molecule has 0 aromatic carbocycles. The topological polar surface area (TPSA) is 139 Å². The number of allylic oxidation sites excluding steroid dienone is 2. The molecule has 3 saturated heterocycles. The van der Waals surface area contributed by atoms with Gasteiger partial charge in [0, 0.05) is 39.6 Å². The Morgan fingerprint density at radius 1 is 1.19 bits per heavy atom. The van der Waals surface area contributed by atoms with Crippen LogP contribution in [-0.2, 0) is 33.3 Å². The van der Waals surface area contributed by atoms with E-state index in [1.807, 2.05) is 33.0 Å². The van der Waals surface area contributed by atoms with Crippen LogP contribution in [0.1, 0.15) is 60.3 Å². The Balaban J connectivity index is 1.50. The van der Waals surface area contributed by atoms with Crippen molar-refractivity contribution in [1.82, 2.24) is 15.5 Å². The molecule has 3 N–H and O–H groups in total. The van der Waals surface area contributed by atoms with Crippen molar-refractivity contribution in [2.45, 2.75) is 109 Å². The highest BCUT2D eigenvalue weighted by Gasteiger charge is 2.58. The van der Waals surface area contributed by atoms with E-state index in [-0.39, 0.29) is 48.5 Å². The second-order valence-corrected chi connectivity index (χ2v) is 12.3. The quantitative estimate of drug-likeness (QED) is 0.125. The van der Waals surface area contributed by atoms with Crippen molar-refractivity contribution in [3.8, 4) is 0 Å². The molecule has 1 spiro atoms. The number of carbonyl (C=O) groups excluding carboxylic acids is 3. The Labute approximate surface area is 256 Å². The molecule has 9 atom stereocenters. The van der Waals surface area contributed by atoms with Crippen LogP contribution in [0.25, 0.3) is 0 Å². The number of rotatable bonds is 13. The van der Waals surface area contributed by atoms with E-state index >= 15 is 0 Å². The lowest BCUT2D eigenvalue weighted by Gasteiger charge is -2.39. The molecule has 3 rings (SSSR count). The number of epoxide rings is 1. The van der Waals surface area contributed by atoms with Gasteiger partial charge in [0.15, 0.2) is 0 Å². The normalized spacial score (nSPS) is 33.5. The number of likely N-dealkylation sites (N-methyl/N-ethyl adjacent to an activating group) is 2. The molecule has 0 radical (unpaired) electrons. The first kappa shape index (κ1) is 34.9. The first-order valence-corrected chi connectivity index (χ1v) is 15.4. The molecule has 3 heterocycles. The second kappa shape index (κ2) is 15.9. The first-order chi connectivity index (χ1) is 20.3. The van der Waals surface area contributed by atoms with E-state index in [1.54, 1.807) is 24.9 Å². The van der Waals surface area contributed by atoms with Gasteiger partial charge < -0.3 is 39.6 Å². The number of aliphatic hydroxyl groups is 1. The van der Waals surface area contributed by atoms with Crippen LogP contribution in [0.2, 0.25) is 0 Å². The van der Waals surface area contributed by atoms with Crippen LogP contribution in [0.4, 0.5) is 0 Å². The molecule has 3 aliphatic heterocycles. The lowest BCUT2D eigenvalue weighted by Crippen LogP contribution is -2.51. The molecule has 11 nitrogen and oxygen atoms in total. The van der Waals surface area contributed by atoms with Crippen molar-refractivity contribution in [1.29, 1.82) is 0 Å². The minimum atomic E-state index is -0.792. The van der Waals surface area contributed by atoms with E-state index < -0.39 is 29.9 Å². The fourth-order valence-corrected chi connectivity index (χ4v) is 5.64. The summed E-state index contributed by atoms with van der Waals surface area (Å²) >= 11 is 0. The van der Waals surface area contributed by atoms with Gasteiger partial charge in [0.2, 0.25) is 11.8 Å². The van der Waals surface area contributed by atoms with Crippen LogP contribution in [-0.4, -0.2) is 110 Å². The lowest BCUT2D eigenvalue weighted by molar-refractivity contribution is -0.150. The monoisotopic (exact) mass is 605 g/mol. The maximum Gasteiger partial charge on any atom is 0.303 e. The average molecular weight is 606 g/mol. The smallest absolute Gasteiger partial charge is 0.303 e. The molecule has 0 aromatic rings. The van der Waals surface area contributed by atoms with Crippen molar-refractivity contribution in [2.75, 3.05) is 33.8 Å². The molecule has 0 saturated carbocycles. The minimum absolute atomic E-state index is 0.000905. The summed E-state index contributed by atoms with van der Waals surface area (Å²) in [5.74, 6) is -0.412. The summed E-state index contributed by atoms with van der Waals surface area (Å²) in [4.78, 5) is 37.8. The molecule has 2 amide bonds. The van der Waals surface area contributed by atoms with Crippen molar-refractivity contribution >= 4 is 17.8 Å². The highest BCUT2D eigenvalue weighted by molar-refractivity contribution is 5.87. The van der Waals surface area contributed by atoms with Gasteiger partial charge in [0.25, 0.3) is 0 Å². The van der Waals surface area contributed by atoms with Crippen LogP contribution < -0.4 is 10.6 Å². The maximum absolute atomic E-state index is 12.7. The predicted octanol–water partition coefficient (Wildman–Crippen LogP) is 2.04. The summed E-state index contributed by atoms with van der Waals surface area (Å²) in [6.45, 7) is 10.9. The average Bonchev–Trinajstić information content (AvgIpc) is 3.72. The largest absolute Gasteiger partial charge is 0.459 e. The summed E-state index contributed by atoms with van der Waals surface area (Å²) < 4.78 is 23.1. The van der Waals surface area contributed by atoms with Crippen molar-refractivity contribution < 1.29 is 38.4 Å². The number of esters is 1. The number of nitrogens with one attached hydrogen (secondary N) is 2. The Morgan fingerprint density at radius 3 is 2.56 bits per heavy atom. The molecule has 0 aliphatic carbocycles. The summed E-state index contributed by atoms with van der Waals surface area (Å²) in [6.07, 6.45) is 8.77. The molecular formula is C32H51N3O8. The highest BCUT2D eigenvalue weighted by Crippen LogP contribution is 2.43.